The topological polar surface area (TPSA) is 65.6 Å². The Morgan fingerprint density at radius 2 is 1.89 bits per heavy atom. The summed E-state index contributed by atoms with van der Waals surface area (Å²) in [6.45, 7) is 0.119. The molecule has 6 nitrogen and oxygen atoms in total. The number of thiazole rings is 1. The van der Waals surface area contributed by atoms with Gasteiger partial charge in [0.1, 0.15) is 6.54 Å². The summed E-state index contributed by atoms with van der Waals surface area (Å²) in [6.07, 6.45) is 3.74. The Labute approximate surface area is 162 Å². The lowest BCUT2D eigenvalue weighted by atomic mass is 10.2. The number of carbonyl (C=O) groups is 1. The summed E-state index contributed by atoms with van der Waals surface area (Å²) in [5.41, 5.74) is 3.33. The van der Waals surface area contributed by atoms with Crippen molar-refractivity contribution in [1.29, 1.82) is 0 Å². The molecule has 5 aromatic rings. The van der Waals surface area contributed by atoms with Gasteiger partial charge in [-0.15, -0.1) is 0 Å². The van der Waals surface area contributed by atoms with Crippen LogP contribution in [0.25, 0.3) is 33.0 Å². The molecule has 7 heteroatoms. The molecule has 0 saturated heterocycles. The minimum atomic E-state index is -0.321. The molecule has 0 radical (unpaired) electrons. The van der Waals surface area contributed by atoms with Gasteiger partial charge in [-0.1, -0.05) is 41.7 Å². The number of rotatable bonds is 3. The van der Waals surface area contributed by atoms with E-state index in [-0.39, 0.29) is 18.1 Å². The van der Waals surface area contributed by atoms with Crippen LogP contribution in [0.1, 0.15) is 5.56 Å². The molecule has 0 amide bonds. The summed E-state index contributed by atoms with van der Waals surface area (Å²) in [4.78, 5) is 30.0. The molecule has 0 N–H and O–H groups in total. The zero-order chi connectivity index (χ0) is 19.3. The average Bonchev–Trinajstić information content (AvgIpc) is 3.34. The third-order valence-electron chi connectivity index (χ3n) is 4.78. The zero-order valence-corrected chi connectivity index (χ0v) is 15.8. The highest BCUT2D eigenvalue weighted by atomic mass is 32.1. The summed E-state index contributed by atoms with van der Waals surface area (Å²) < 4.78 is 8.89. The van der Waals surface area contributed by atoms with Gasteiger partial charge >= 0.3 is 5.97 Å². The smallest absolute Gasteiger partial charge is 0.325 e. The van der Waals surface area contributed by atoms with Crippen molar-refractivity contribution in [2.75, 3.05) is 7.11 Å². The largest absolute Gasteiger partial charge is 0.468 e. The Hall–Kier alpha value is -3.45. The molecule has 3 aromatic heterocycles. The molecular weight excluding hydrogens is 374 g/mol. The number of nitrogens with zero attached hydrogens (tertiary/aromatic N) is 3. The van der Waals surface area contributed by atoms with Crippen LogP contribution in [0.3, 0.4) is 0 Å². The fourth-order valence-electron chi connectivity index (χ4n) is 3.48. The molecule has 3 heterocycles. The molecule has 28 heavy (non-hydrogen) atoms. The third kappa shape index (κ3) is 2.51. The molecule has 0 aliphatic rings. The van der Waals surface area contributed by atoms with Gasteiger partial charge in [0.2, 0.25) is 0 Å². The van der Waals surface area contributed by atoms with Crippen LogP contribution in [0.4, 0.5) is 0 Å². The summed E-state index contributed by atoms with van der Waals surface area (Å²) in [5.74, 6) is -0.321. The number of imidazole rings is 1. The van der Waals surface area contributed by atoms with E-state index in [0.717, 1.165) is 27.5 Å². The second-order valence-electron chi connectivity index (χ2n) is 6.44. The number of para-hydroxylation sites is 3. The van der Waals surface area contributed by atoms with Crippen molar-refractivity contribution in [3.8, 4) is 0 Å². The molecule has 0 bridgehead atoms. The number of hydrogen-bond donors (Lipinski definition) is 0. The van der Waals surface area contributed by atoms with E-state index >= 15 is 0 Å². The standard InChI is InChI=1S/C21H15N3O3S/c1-27-19(25)12-23-11-13(14-6-2-4-8-16(14)23)10-18-20(26)24-17-9-5-3-7-15(17)22-21(24)28-18/h2-11H,12H2,1H3/b18-10+. The van der Waals surface area contributed by atoms with E-state index in [4.69, 9.17) is 4.74 Å². The predicted octanol–water partition coefficient (Wildman–Crippen LogP) is 2.58. The van der Waals surface area contributed by atoms with Gasteiger partial charge in [-0.25, -0.2) is 9.38 Å². The lowest BCUT2D eigenvalue weighted by molar-refractivity contribution is -0.141. The van der Waals surface area contributed by atoms with E-state index in [2.05, 4.69) is 4.98 Å². The molecule has 0 aliphatic heterocycles. The minimum Gasteiger partial charge on any atom is -0.468 e. The monoisotopic (exact) mass is 389 g/mol. The maximum atomic E-state index is 13.0. The second kappa shape index (κ2) is 6.31. The van der Waals surface area contributed by atoms with E-state index in [9.17, 15) is 9.59 Å². The molecule has 0 atom stereocenters. The number of ether oxygens (including phenoxy) is 1. The molecule has 5 rings (SSSR count). The Balaban J connectivity index is 1.73. The molecule has 0 saturated carbocycles. The van der Waals surface area contributed by atoms with E-state index in [1.807, 2.05) is 65.4 Å². The minimum absolute atomic E-state index is 0.0847. The summed E-state index contributed by atoms with van der Waals surface area (Å²) >= 11 is 1.36. The van der Waals surface area contributed by atoms with Gasteiger partial charge in [0.05, 0.1) is 22.7 Å². The highest BCUT2D eigenvalue weighted by molar-refractivity contribution is 7.15. The first-order valence-electron chi connectivity index (χ1n) is 8.72. The molecule has 2 aromatic carbocycles. The van der Waals surface area contributed by atoms with Crippen LogP contribution in [0.5, 0.6) is 0 Å². The van der Waals surface area contributed by atoms with Crippen LogP contribution < -0.4 is 10.1 Å². The fraction of sp³-hybridized carbons (Fsp3) is 0.0952. The maximum absolute atomic E-state index is 13.0. The number of aromatic nitrogens is 3. The van der Waals surface area contributed by atoms with Gasteiger partial charge in [-0.2, -0.15) is 0 Å². The van der Waals surface area contributed by atoms with Gasteiger partial charge in [-0.3, -0.25) is 9.59 Å². The van der Waals surface area contributed by atoms with Crippen LogP contribution in [-0.2, 0) is 16.1 Å². The van der Waals surface area contributed by atoms with Crippen molar-refractivity contribution in [2.24, 2.45) is 0 Å². The highest BCUT2D eigenvalue weighted by Crippen LogP contribution is 2.22. The maximum Gasteiger partial charge on any atom is 0.325 e. The van der Waals surface area contributed by atoms with Crippen molar-refractivity contribution >= 4 is 50.3 Å². The van der Waals surface area contributed by atoms with Crippen LogP contribution >= 0.6 is 11.3 Å². The van der Waals surface area contributed by atoms with E-state index in [1.165, 1.54) is 18.4 Å². The van der Waals surface area contributed by atoms with Crippen LogP contribution in [0.2, 0.25) is 0 Å². The highest BCUT2D eigenvalue weighted by Gasteiger charge is 2.13. The molecule has 0 unspecified atom stereocenters. The lowest BCUT2D eigenvalue weighted by Gasteiger charge is -2.02. The van der Waals surface area contributed by atoms with Crippen LogP contribution in [-0.4, -0.2) is 27.0 Å². The zero-order valence-electron chi connectivity index (χ0n) is 15.0. The first-order valence-corrected chi connectivity index (χ1v) is 9.54. The van der Waals surface area contributed by atoms with Gasteiger partial charge in [0.15, 0.2) is 4.96 Å². The van der Waals surface area contributed by atoms with Crippen molar-refractivity contribution in [3.05, 3.63) is 75.2 Å². The van der Waals surface area contributed by atoms with Crippen molar-refractivity contribution in [2.45, 2.75) is 6.54 Å². The van der Waals surface area contributed by atoms with E-state index in [1.54, 1.807) is 4.40 Å². The number of esters is 1. The Morgan fingerprint density at radius 1 is 1.14 bits per heavy atom. The molecule has 0 fully saturated rings. The number of hydrogen-bond acceptors (Lipinski definition) is 5. The lowest BCUT2D eigenvalue weighted by Crippen LogP contribution is -2.22. The normalized spacial score (nSPS) is 12.4. The van der Waals surface area contributed by atoms with Gasteiger partial charge in [0, 0.05) is 22.7 Å². The molecule has 0 aliphatic carbocycles. The number of benzene rings is 2. The summed E-state index contributed by atoms with van der Waals surface area (Å²) in [6, 6.07) is 15.4. The Morgan fingerprint density at radius 3 is 2.71 bits per heavy atom. The van der Waals surface area contributed by atoms with Crippen molar-refractivity contribution < 1.29 is 9.53 Å². The first kappa shape index (κ1) is 16.7. The van der Waals surface area contributed by atoms with E-state index < -0.39 is 0 Å². The fourth-order valence-corrected chi connectivity index (χ4v) is 4.46. The quantitative estimate of drug-likeness (QED) is 0.445. The van der Waals surface area contributed by atoms with E-state index in [0.29, 0.717) is 9.49 Å². The number of methoxy groups -OCH3 is 1. The summed E-state index contributed by atoms with van der Waals surface area (Å²) in [7, 11) is 1.37. The molecule has 0 spiro atoms. The summed E-state index contributed by atoms with van der Waals surface area (Å²) in [5, 5.41) is 0.974. The van der Waals surface area contributed by atoms with Gasteiger partial charge in [-0.05, 0) is 24.3 Å². The first-order chi connectivity index (χ1) is 13.7. The van der Waals surface area contributed by atoms with Gasteiger partial charge < -0.3 is 9.30 Å². The van der Waals surface area contributed by atoms with Crippen LogP contribution in [0.15, 0.2) is 59.5 Å². The van der Waals surface area contributed by atoms with Crippen molar-refractivity contribution in [3.63, 3.8) is 0 Å². The molecular formula is C21H15N3O3S. The SMILES string of the molecule is COC(=O)Cn1cc(/C=c2/sc3nc4ccccc4n3c2=O)c2ccccc21. The van der Waals surface area contributed by atoms with Crippen molar-refractivity contribution in [1.82, 2.24) is 14.0 Å². The molecule has 138 valence electrons. The number of carbonyl (C=O) groups excluding carboxylic acids is 1. The average molecular weight is 389 g/mol. The van der Waals surface area contributed by atoms with Crippen LogP contribution in [0, 0.1) is 0 Å². The Bertz CT molecular complexity index is 1480. The van der Waals surface area contributed by atoms with Gasteiger partial charge in [0.25, 0.3) is 5.56 Å². The predicted molar refractivity (Wildman–Crippen MR) is 110 cm³/mol. The number of fused-ring (bicyclic) bond motifs is 4. The second-order valence-corrected chi connectivity index (χ2v) is 7.45. The Kier molecular flexibility index (Phi) is 3.77. The third-order valence-corrected chi connectivity index (χ3v) is 5.75.